The van der Waals surface area contributed by atoms with Crippen molar-refractivity contribution in [3.8, 4) is 5.75 Å². The van der Waals surface area contributed by atoms with E-state index in [0.717, 1.165) is 37.8 Å². The van der Waals surface area contributed by atoms with Crippen molar-refractivity contribution < 1.29 is 4.74 Å². The Morgan fingerprint density at radius 1 is 0.926 bits per heavy atom. The van der Waals surface area contributed by atoms with Crippen molar-refractivity contribution in [3.63, 3.8) is 0 Å². The van der Waals surface area contributed by atoms with Gasteiger partial charge in [0.15, 0.2) is 0 Å². The zero-order valence-electron chi connectivity index (χ0n) is 15.7. The van der Waals surface area contributed by atoms with Crippen molar-refractivity contribution in [2.24, 2.45) is 5.92 Å². The number of piperazine rings is 1. The monoisotopic (exact) mass is 408 g/mol. The molecule has 1 aliphatic carbocycles. The molecule has 1 saturated heterocycles. The average Bonchev–Trinajstić information content (AvgIpc) is 3.51. The van der Waals surface area contributed by atoms with E-state index in [0.29, 0.717) is 12.6 Å². The van der Waals surface area contributed by atoms with Crippen LogP contribution in [0.5, 0.6) is 5.75 Å². The number of ether oxygens (including phenoxy) is 1. The van der Waals surface area contributed by atoms with Crippen LogP contribution in [0.15, 0.2) is 54.6 Å². The second kappa shape index (κ2) is 10.9. The fourth-order valence-electron chi connectivity index (χ4n) is 3.69. The van der Waals surface area contributed by atoms with Gasteiger partial charge in [0.2, 0.25) is 0 Å². The third-order valence-corrected chi connectivity index (χ3v) is 5.36. The van der Waals surface area contributed by atoms with Crippen LogP contribution in [-0.4, -0.2) is 31.1 Å². The Kier molecular flexibility index (Phi) is 8.91. The third-order valence-electron chi connectivity index (χ3n) is 5.36. The van der Waals surface area contributed by atoms with Gasteiger partial charge in [-0.25, -0.2) is 0 Å². The first kappa shape index (κ1) is 22.0. The minimum absolute atomic E-state index is 0. The zero-order chi connectivity index (χ0) is 16.9. The summed E-state index contributed by atoms with van der Waals surface area (Å²) in [7, 11) is 0. The molecule has 2 fully saturated rings. The highest BCUT2D eigenvalue weighted by atomic mass is 35.5. The summed E-state index contributed by atoms with van der Waals surface area (Å²) in [6.45, 7) is 5.16. The molecular formula is C22H30Cl2N2O. The van der Waals surface area contributed by atoms with Gasteiger partial charge in [-0.2, -0.15) is 0 Å². The molecule has 0 bridgehead atoms. The van der Waals surface area contributed by atoms with Crippen LogP contribution >= 0.6 is 24.8 Å². The topological polar surface area (TPSA) is 24.5 Å². The minimum Gasteiger partial charge on any atom is -0.489 e. The largest absolute Gasteiger partial charge is 0.489 e. The SMILES string of the molecule is Cl.Cl.c1ccc(COc2ccc([C@H](CC3CC3)N3CCNCC3)cc2)cc1. The summed E-state index contributed by atoms with van der Waals surface area (Å²) in [6.07, 6.45) is 4.14. The number of benzene rings is 2. The quantitative estimate of drug-likeness (QED) is 0.707. The van der Waals surface area contributed by atoms with Gasteiger partial charge in [-0.15, -0.1) is 24.8 Å². The van der Waals surface area contributed by atoms with Crippen LogP contribution in [0.2, 0.25) is 0 Å². The van der Waals surface area contributed by atoms with E-state index in [2.05, 4.69) is 58.7 Å². The molecule has 1 saturated carbocycles. The predicted molar refractivity (Wildman–Crippen MR) is 116 cm³/mol. The Balaban J connectivity index is 0.00000131. The molecule has 0 radical (unpaired) electrons. The van der Waals surface area contributed by atoms with Gasteiger partial charge in [0, 0.05) is 32.2 Å². The average molecular weight is 409 g/mol. The van der Waals surface area contributed by atoms with Crippen LogP contribution in [0.25, 0.3) is 0 Å². The third kappa shape index (κ3) is 6.39. The number of nitrogens with one attached hydrogen (secondary N) is 1. The Labute approximate surface area is 175 Å². The highest BCUT2D eigenvalue weighted by Gasteiger charge is 2.30. The second-order valence-corrected chi connectivity index (χ2v) is 7.32. The van der Waals surface area contributed by atoms with E-state index in [1.54, 1.807) is 0 Å². The zero-order valence-corrected chi connectivity index (χ0v) is 17.3. The summed E-state index contributed by atoms with van der Waals surface area (Å²) in [4.78, 5) is 2.66. The molecule has 0 aromatic heterocycles. The van der Waals surface area contributed by atoms with Gasteiger partial charge in [-0.1, -0.05) is 55.3 Å². The van der Waals surface area contributed by atoms with Crippen LogP contribution in [0.3, 0.4) is 0 Å². The molecule has 4 rings (SSSR count). The number of rotatable bonds is 7. The smallest absolute Gasteiger partial charge is 0.119 e. The molecule has 3 nitrogen and oxygen atoms in total. The first-order valence-electron chi connectivity index (χ1n) is 9.60. The van der Waals surface area contributed by atoms with Crippen molar-refractivity contribution in [1.82, 2.24) is 10.2 Å². The van der Waals surface area contributed by atoms with Crippen LogP contribution < -0.4 is 10.1 Å². The molecule has 1 aliphatic heterocycles. The van der Waals surface area contributed by atoms with Crippen molar-refractivity contribution in [2.45, 2.75) is 31.9 Å². The van der Waals surface area contributed by atoms with Gasteiger partial charge in [0.05, 0.1) is 0 Å². The summed E-state index contributed by atoms with van der Waals surface area (Å²) < 4.78 is 5.94. The lowest BCUT2D eigenvalue weighted by Gasteiger charge is -2.35. The number of nitrogens with zero attached hydrogens (tertiary/aromatic N) is 1. The minimum atomic E-state index is 0. The summed E-state index contributed by atoms with van der Waals surface area (Å²) >= 11 is 0. The maximum atomic E-state index is 5.94. The van der Waals surface area contributed by atoms with Gasteiger partial charge in [-0.05, 0) is 35.6 Å². The molecule has 2 aromatic rings. The van der Waals surface area contributed by atoms with Crippen LogP contribution in [0.1, 0.15) is 36.4 Å². The molecule has 0 spiro atoms. The molecule has 0 amide bonds. The number of hydrogen-bond donors (Lipinski definition) is 1. The van der Waals surface area contributed by atoms with E-state index < -0.39 is 0 Å². The standard InChI is InChI=1S/C22H28N2O.2ClH/c1-2-4-19(5-3-1)17-25-21-10-8-20(9-11-21)22(16-18-6-7-18)24-14-12-23-13-15-24;;/h1-5,8-11,18,22-23H,6-7,12-17H2;2*1H/t22-;;/m0../s1. The molecule has 2 aromatic carbocycles. The molecule has 1 atom stereocenters. The number of hydrogen-bond acceptors (Lipinski definition) is 3. The van der Waals surface area contributed by atoms with E-state index in [-0.39, 0.29) is 24.8 Å². The van der Waals surface area contributed by atoms with Gasteiger partial charge in [0.1, 0.15) is 12.4 Å². The molecule has 0 unspecified atom stereocenters. The highest BCUT2D eigenvalue weighted by molar-refractivity contribution is 5.85. The Morgan fingerprint density at radius 2 is 1.59 bits per heavy atom. The Bertz CT molecular complexity index is 656. The molecular weight excluding hydrogens is 379 g/mol. The van der Waals surface area contributed by atoms with E-state index in [9.17, 15) is 0 Å². The summed E-state index contributed by atoms with van der Waals surface area (Å²) in [5.41, 5.74) is 2.65. The van der Waals surface area contributed by atoms with E-state index in [1.165, 1.54) is 30.4 Å². The molecule has 2 aliphatic rings. The van der Waals surface area contributed by atoms with Crippen molar-refractivity contribution in [3.05, 3.63) is 65.7 Å². The van der Waals surface area contributed by atoms with Gasteiger partial charge in [0.25, 0.3) is 0 Å². The first-order chi connectivity index (χ1) is 12.4. The normalized spacial score (nSPS) is 18.1. The molecule has 5 heteroatoms. The fraction of sp³-hybridized carbons (Fsp3) is 0.455. The van der Waals surface area contributed by atoms with Crippen LogP contribution in [-0.2, 0) is 6.61 Å². The first-order valence-corrected chi connectivity index (χ1v) is 9.60. The number of halogens is 2. The van der Waals surface area contributed by atoms with E-state index >= 15 is 0 Å². The maximum absolute atomic E-state index is 5.94. The van der Waals surface area contributed by atoms with E-state index in [1.807, 2.05) is 6.07 Å². The predicted octanol–water partition coefficient (Wildman–Crippen LogP) is 4.86. The lowest BCUT2D eigenvalue weighted by Crippen LogP contribution is -2.45. The second-order valence-electron chi connectivity index (χ2n) is 7.32. The van der Waals surface area contributed by atoms with Crippen LogP contribution in [0, 0.1) is 5.92 Å². The highest BCUT2D eigenvalue weighted by Crippen LogP contribution is 2.40. The van der Waals surface area contributed by atoms with Gasteiger partial charge < -0.3 is 10.1 Å². The Hall–Kier alpha value is -1.26. The lowest BCUT2D eigenvalue weighted by molar-refractivity contribution is 0.160. The summed E-state index contributed by atoms with van der Waals surface area (Å²) in [5.74, 6) is 1.90. The summed E-state index contributed by atoms with van der Waals surface area (Å²) in [5, 5.41) is 3.47. The molecule has 1 heterocycles. The van der Waals surface area contributed by atoms with Crippen LogP contribution in [0.4, 0.5) is 0 Å². The van der Waals surface area contributed by atoms with Crippen molar-refractivity contribution in [2.75, 3.05) is 26.2 Å². The van der Waals surface area contributed by atoms with Crippen molar-refractivity contribution in [1.29, 1.82) is 0 Å². The van der Waals surface area contributed by atoms with E-state index in [4.69, 9.17) is 4.74 Å². The van der Waals surface area contributed by atoms with Gasteiger partial charge >= 0.3 is 0 Å². The molecule has 148 valence electrons. The summed E-state index contributed by atoms with van der Waals surface area (Å²) in [6, 6.07) is 19.7. The lowest BCUT2D eigenvalue weighted by atomic mass is 9.98. The van der Waals surface area contributed by atoms with Gasteiger partial charge in [-0.3, -0.25) is 4.90 Å². The fourth-order valence-corrected chi connectivity index (χ4v) is 3.69. The maximum Gasteiger partial charge on any atom is 0.119 e. The molecule has 27 heavy (non-hydrogen) atoms. The van der Waals surface area contributed by atoms with Crippen molar-refractivity contribution >= 4 is 24.8 Å². The molecule has 1 N–H and O–H groups in total. The Morgan fingerprint density at radius 3 is 2.22 bits per heavy atom.